The van der Waals surface area contributed by atoms with Crippen molar-refractivity contribution in [1.82, 2.24) is 10.2 Å². The fourth-order valence-corrected chi connectivity index (χ4v) is 1.71. The highest BCUT2D eigenvalue weighted by atomic mass is 35.5. The Hall–Kier alpha value is -1.52. The molecule has 0 aliphatic carbocycles. The Kier molecular flexibility index (Phi) is 4.23. The SMILES string of the molecule is CCOc1cccc(Nc2cc(Cl)nnc2Cl)c1. The minimum atomic E-state index is 0.265. The summed E-state index contributed by atoms with van der Waals surface area (Å²) >= 11 is 11.7. The fourth-order valence-electron chi connectivity index (χ4n) is 1.43. The summed E-state index contributed by atoms with van der Waals surface area (Å²) in [6.07, 6.45) is 0. The Morgan fingerprint density at radius 3 is 2.83 bits per heavy atom. The summed E-state index contributed by atoms with van der Waals surface area (Å²) in [5, 5.41) is 11.0. The maximum Gasteiger partial charge on any atom is 0.175 e. The smallest absolute Gasteiger partial charge is 0.175 e. The number of benzene rings is 1. The normalized spacial score (nSPS) is 10.2. The van der Waals surface area contributed by atoms with Gasteiger partial charge in [0.05, 0.1) is 12.3 Å². The first-order valence-corrected chi connectivity index (χ1v) is 6.13. The van der Waals surface area contributed by atoms with E-state index in [0.717, 1.165) is 11.4 Å². The summed E-state index contributed by atoms with van der Waals surface area (Å²) in [7, 11) is 0. The number of anilines is 2. The van der Waals surface area contributed by atoms with Crippen LogP contribution in [0.2, 0.25) is 10.3 Å². The fraction of sp³-hybridized carbons (Fsp3) is 0.167. The average molecular weight is 284 g/mol. The van der Waals surface area contributed by atoms with Crippen molar-refractivity contribution in [1.29, 1.82) is 0 Å². The number of nitrogens with one attached hydrogen (secondary N) is 1. The molecule has 2 rings (SSSR count). The molecule has 1 aromatic carbocycles. The van der Waals surface area contributed by atoms with E-state index in [2.05, 4.69) is 15.5 Å². The molecule has 0 saturated carbocycles. The van der Waals surface area contributed by atoms with Gasteiger partial charge in [0.1, 0.15) is 5.75 Å². The molecule has 0 aliphatic heterocycles. The van der Waals surface area contributed by atoms with Gasteiger partial charge in [0.15, 0.2) is 10.3 Å². The van der Waals surface area contributed by atoms with Gasteiger partial charge in [-0.15, -0.1) is 10.2 Å². The van der Waals surface area contributed by atoms with Crippen LogP contribution in [-0.2, 0) is 0 Å². The van der Waals surface area contributed by atoms with Gasteiger partial charge in [-0.05, 0) is 19.1 Å². The lowest BCUT2D eigenvalue weighted by Crippen LogP contribution is -1.96. The second kappa shape index (κ2) is 5.89. The van der Waals surface area contributed by atoms with Crippen molar-refractivity contribution in [2.24, 2.45) is 0 Å². The largest absolute Gasteiger partial charge is 0.494 e. The van der Waals surface area contributed by atoms with Crippen molar-refractivity contribution in [2.45, 2.75) is 6.92 Å². The van der Waals surface area contributed by atoms with Crippen LogP contribution >= 0.6 is 23.2 Å². The van der Waals surface area contributed by atoms with E-state index in [1.807, 2.05) is 31.2 Å². The Bertz CT molecular complexity index is 549. The zero-order valence-corrected chi connectivity index (χ0v) is 11.2. The van der Waals surface area contributed by atoms with Gasteiger partial charge in [-0.25, -0.2) is 0 Å². The quantitative estimate of drug-likeness (QED) is 0.924. The molecule has 0 atom stereocenters. The highest BCUT2D eigenvalue weighted by Crippen LogP contribution is 2.26. The zero-order chi connectivity index (χ0) is 13.0. The van der Waals surface area contributed by atoms with Crippen LogP contribution in [0.1, 0.15) is 6.92 Å². The third kappa shape index (κ3) is 3.24. The molecule has 0 unspecified atom stereocenters. The Labute approximate surface area is 115 Å². The summed E-state index contributed by atoms with van der Waals surface area (Å²) in [6.45, 7) is 2.55. The first-order valence-electron chi connectivity index (χ1n) is 5.37. The van der Waals surface area contributed by atoms with Crippen molar-refractivity contribution in [3.8, 4) is 5.75 Å². The standard InChI is InChI=1S/C12H11Cl2N3O/c1-2-18-9-5-3-4-8(6-9)15-10-7-11(13)16-17-12(10)14/h3-7H,2H2,1H3,(H,15,16). The number of rotatable bonds is 4. The lowest BCUT2D eigenvalue weighted by Gasteiger charge is -2.09. The molecule has 1 heterocycles. The van der Waals surface area contributed by atoms with Gasteiger partial charge in [0.25, 0.3) is 0 Å². The van der Waals surface area contributed by atoms with E-state index < -0.39 is 0 Å². The van der Waals surface area contributed by atoms with Crippen molar-refractivity contribution >= 4 is 34.6 Å². The van der Waals surface area contributed by atoms with E-state index in [9.17, 15) is 0 Å². The number of aromatic nitrogens is 2. The molecule has 0 saturated heterocycles. The number of halogens is 2. The predicted octanol–water partition coefficient (Wildman–Crippen LogP) is 3.93. The Morgan fingerprint density at radius 2 is 2.06 bits per heavy atom. The van der Waals surface area contributed by atoms with E-state index >= 15 is 0 Å². The Morgan fingerprint density at radius 1 is 1.22 bits per heavy atom. The molecule has 2 aromatic rings. The van der Waals surface area contributed by atoms with Crippen molar-refractivity contribution < 1.29 is 4.74 Å². The molecular formula is C12H11Cl2N3O. The summed E-state index contributed by atoms with van der Waals surface area (Å²) in [5.74, 6) is 0.784. The highest BCUT2D eigenvalue weighted by molar-refractivity contribution is 6.33. The van der Waals surface area contributed by atoms with Crippen LogP contribution in [0, 0.1) is 0 Å². The lowest BCUT2D eigenvalue weighted by molar-refractivity contribution is 0.340. The van der Waals surface area contributed by atoms with Gasteiger partial charge in [-0.1, -0.05) is 29.3 Å². The van der Waals surface area contributed by atoms with Crippen LogP contribution in [0.5, 0.6) is 5.75 Å². The Balaban J connectivity index is 2.22. The zero-order valence-electron chi connectivity index (χ0n) is 9.65. The molecular weight excluding hydrogens is 273 g/mol. The summed E-state index contributed by atoms with van der Waals surface area (Å²) in [5.41, 5.74) is 1.44. The molecule has 0 amide bonds. The van der Waals surface area contributed by atoms with Gasteiger partial charge >= 0.3 is 0 Å². The van der Waals surface area contributed by atoms with Gasteiger partial charge in [-0.2, -0.15) is 0 Å². The third-order valence-electron chi connectivity index (χ3n) is 2.14. The lowest BCUT2D eigenvalue weighted by atomic mass is 10.3. The first kappa shape index (κ1) is 12.9. The van der Waals surface area contributed by atoms with E-state index in [0.29, 0.717) is 12.3 Å². The first-order chi connectivity index (χ1) is 8.69. The van der Waals surface area contributed by atoms with E-state index in [1.54, 1.807) is 6.07 Å². The van der Waals surface area contributed by atoms with Gasteiger partial charge < -0.3 is 10.1 Å². The van der Waals surface area contributed by atoms with Crippen LogP contribution in [0.15, 0.2) is 30.3 Å². The van der Waals surface area contributed by atoms with Crippen molar-refractivity contribution in [3.63, 3.8) is 0 Å². The topological polar surface area (TPSA) is 47.0 Å². The molecule has 1 N–H and O–H groups in total. The summed E-state index contributed by atoms with van der Waals surface area (Å²) in [6, 6.07) is 9.15. The number of nitrogens with zero attached hydrogens (tertiary/aromatic N) is 2. The van der Waals surface area contributed by atoms with Gasteiger partial charge in [-0.3, -0.25) is 0 Å². The number of hydrogen-bond donors (Lipinski definition) is 1. The minimum Gasteiger partial charge on any atom is -0.494 e. The molecule has 4 nitrogen and oxygen atoms in total. The summed E-state index contributed by atoms with van der Waals surface area (Å²) in [4.78, 5) is 0. The van der Waals surface area contributed by atoms with E-state index in [1.165, 1.54) is 0 Å². The third-order valence-corrected chi connectivity index (χ3v) is 2.61. The maximum atomic E-state index is 5.92. The van der Waals surface area contributed by atoms with Gasteiger partial charge in [0.2, 0.25) is 0 Å². The summed E-state index contributed by atoms with van der Waals surface area (Å²) < 4.78 is 5.41. The highest BCUT2D eigenvalue weighted by Gasteiger charge is 2.05. The maximum absolute atomic E-state index is 5.92. The van der Waals surface area contributed by atoms with Crippen LogP contribution in [0.4, 0.5) is 11.4 Å². The minimum absolute atomic E-state index is 0.265. The van der Waals surface area contributed by atoms with E-state index in [-0.39, 0.29) is 10.3 Å². The molecule has 94 valence electrons. The average Bonchev–Trinajstić information content (AvgIpc) is 2.35. The molecule has 6 heteroatoms. The molecule has 18 heavy (non-hydrogen) atoms. The molecule has 0 aliphatic rings. The van der Waals surface area contributed by atoms with Crippen molar-refractivity contribution in [3.05, 3.63) is 40.6 Å². The number of hydrogen-bond acceptors (Lipinski definition) is 4. The second-order valence-corrected chi connectivity index (χ2v) is 4.20. The molecule has 0 spiro atoms. The van der Waals surface area contributed by atoms with Crippen LogP contribution in [-0.4, -0.2) is 16.8 Å². The molecule has 0 radical (unpaired) electrons. The van der Waals surface area contributed by atoms with Gasteiger partial charge in [0, 0.05) is 17.8 Å². The monoisotopic (exact) mass is 283 g/mol. The van der Waals surface area contributed by atoms with Crippen LogP contribution in [0.3, 0.4) is 0 Å². The van der Waals surface area contributed by atoms with Crippen molar-refractivity contribution in [2.75, 3.05) is 11.9 Å². The van der Waals surface area contributed by atoms with Crippen LogP contribution < -0.4 is 10.1 Å². The second-order valence-electron chi connectivity index (χ2n) is 3.46. The molecule has 1 aromatic heterocycles. The molecule has 0 bridgehead atoms. The predicted molar refractivity (Wildman–Crippen MR) is 72.9 cm³/mol. The number of ether oxygens (including phenoxy) is 1. The van der Waals surface area contributed by atoms with Crippen LogP contribution in [0.25, 0.3) is 0 Å². The van der Waals surface area contributed by atoms with E-state index in [4.69, 9.17) is 27.9 Å². The molecule has 0 fully saturated rings.